The van der Waals surface area contributed by atoms with Gasteiger partial charge >= 0.3 is 0 Å². The van der Waals surface area contributed by atoms with Crippen molar-refractivity contribution in [2.45, 2.75) is 44.8 Å². The first kappa shape index (κ1) is 13.6. The van der Waals surface area contributed by atoms with E-state index in [4.69, 9.17) is 0 Å². The van der Waals surface area contributed by atoms with Gasteiger partial charge in [0.2, 0.25) is 5.91 Å². The number of carbonyl (C=O) groups is 1. The standard InChI is InChI=1S/C16H21FN2O/c1-11-8-9-18-15(11)16(20)19(14-6-7-14)10-12-2-4-13(17)5-3-12/h2-5,11,14-15,18H,6-10H2,1H3. The summed E-state index contributed by atoms with van der Waals surface area (Å²) in [6.45, 7) is 3.65. The molecule has 1 heterocycles. The van der Waals surface area contributed by atoms with Gasteiger partial charge in [-0.2, -0.15) is 0 Å². The number of hydrogen-bond donors (Lipinski definition) is 1. The first-order chi connectivity index (χ1) is 9.65. The molecule has 2 fully saturated rings. The van der Waals surface area contributed by atoms with Crippen molar-refractivity contribution in [3.05, 3.63) is 35.6 Å². The van der Waals surface area contributed by atoms with E-state index in [1.807, 2.05) is 4.90 Å². The predicted molar refractivity (Wildman–Crippen MR) is 75.5 cm³/mol. The highest BCUT2D eigenvalue weighted by atomic mass is 19.1. The van der Waals surface area contributed by atoms with Gasteiger partial charge in [-0.05, 0) is 49.4 Å². The number of hydrogen-bond acceptors (Lipinski definition) is 2. The van der Waals surface area contributed by atoms with Crippen LogP contribution in [0.5, 0.6) is 0 Å². The van der Waals surface area contributed by atoms with Crippen molar-refractivity contribution in [2.24, 2.45) is 5.92 Å². The van der Waals surface area contributed by atoms with Crippen molar-refractivity contribution in [3.63, 3.8) is 0 Å². The van der Waals surface area contributed by atoms with Crippen LogP contribution in [0.15, 0.2) is 24.3 Å². The summed E-state index contributed by atoms with van der Waals surface area (Å²) in [6.07, 6.45) is 3.24. The molecule has 20 heavy (non-hydrogen) atoms. The molecule has 2 aliphatic rings. The Morgan fingerprint density at radius 1 is 1.30 bits per heavy atom. The lowest BCUT2D eigenvalue weighted by molar-refractivity contribution is -0.135. The Morgan fingerprint density at radius 3 is 2.55 bits per heavy atom. The minimum atomic E-state index is -0.232. The highest BCUT2D eigenvalue weighted by Gasteiger charge is 2.39. The summed E-state index contributed by atoms with van der Waals surface area (Å²) in [5.74, 6) is 0.378. The summed E-state index contributed by atoms with van der Waals surface area (Å²) in [5.41, 5.74) is 0.998. The van der Waals surface area contributed by atoms with E-state index in [0.29, 0.717) is 18.5 Å². The molecule has 0 radical (unpaired) electrons. The highest BCUT2D eigenvalue weighted by molar-refractivity contribution is 5.83. The second kappa shape index (κ2) is 5.52. The molecule has 1 saturated carbocycles. The quantitative estimate of drug-likeness (QED) is 0.915. The third kappa shape index (κ3) is 2.85. The molecule has 1 saturated heterocycles. The van der Waals surface area contributed by atoms with Crippen molar-refractivity contribution in [2.75, 3.05) is 6.54 Å². The van der Waals surface area contributed by atoms with Crippen LogP contribution in [0.4, 0.5) is 4.39 Å². The molecule has 108 valence electrons. The molecule has 1 amide bonds. The van der Waals surface area contributed by atoms with E-state index in [9.17, 15) is 9.18 Å². The lowest BCUT2D eigenvalue weighted by Gasteiger charge is -2.27. The number of rotatable bonds is 4. The Kier molecular flexibility index (Phi) is 3.74. The van der Waals surface area contributed by atoms with Gasteiger partial charge in [0.05, 0.1) is 6.04 Å². The van der Waals surface area contributed by atoms with E-state index in [2.05, 4.69) is 12.2 Å². The van der Waals surface area contributed by atoms with Crippen molar-refractivity contribution < 1.29 is 9.18 Å². The van der Waals surface area contributed by atoms with Gasteiger partial charge in [0.15, 0.2) is 0 Å². The summed E-state index contributed by atoms with van der Waals surface area (Å²) in [7, 11) is 0. The lowest BCUT2D eigenvalue weighted by atomic mass is 10.0. The summed E-state index contributed by atoms with van der Waals surface area (Å²) in [6, 6.07) is 6.79. The van der Waals surface area contributed by atoms with Gasteiger partial charge in [0.25, 0.3) is 0 Å². The lowest BCUT2D eigenvalue weighted by Crippen LogP contribution is -2.46. The Hall–Kier alpha value is -1.42. The number of nitrogens with zero attached hydrogens (tertiary/aromatic N) is 1. The van der Waals surface area contributed by atoms with Gasteiger partial charge in [0, 0.05) is 12.6 Å². The first-order valence-electron chi connectivity index (χ1n) is 7.43. The summed E-state index contributed by atoms with van der Waals surface area (Å²) >= 11 is 0. The van der Waals surface area contributed by atoms with E-state index in [1.54, 1.807) is 12.1 Å². The van der Waals surface area contributed by atoms with Crippen LogP contribution in [0, 0.1) is 11.7 Å². The van der Waals surface area contributed by atoms with E-state index < -0.39 is 0 Å². The van der Waals surface area contributed by atoms with Crippen LogP contribution in [0.3, 0.4) is 0 Å². The maximum atomic E-state index is 13.0. The maximum absolute atomic E-state index is 13.0. The van der Waals surface area contributed by atoms with Crippen LogP contribution in [0.2, 0.25) is 0 Å². The van der Waals surface area contributed by atoms with E-state index in [0.717, 1.165) is 31.4 Å². The molecule has 2 atom stereocenters. The third-order valence-corrected chi connectivity index (χ3v) is 4.34. The molecule has 1 aliphatic carbocycles. The molecule has 2 unspecified atom stereocenters. The smallest absolute Gasteiger partial charge is 0.240 e. The van der Waals surface area contributed by atoms with E-state index >= 15 is 0 Å². The van der Waals surface area contributed by atoms with Crippen LogP contribution in [0.25, 0.3) is 0 Å². The zero-order valence-corrected chi connectivity index (χ0v) is 11.8. The molecule has 3 nitrogen and oxygen atoms in total. The molecule has 1 aromatic rings. The van der Waals surface area contributed by atoms with Crippen molar-refractivity contribution in [3.8, 4) is 0 Å². The average molecular weight is 276 g/mol. The first-order valence-corrected chi connectivity index (χ1v) is 7.43. The van der Waals surface area contributed by atoms with Crippen molar-refractivity contribution in [1.82, 2.24) is 10.2 Å². The van der Waals surface area contributed by atoms with Crippen molar-refractivity contribution >= 4 is 5.91 Å². The van der Waals surface area contributed by atoms with E-state index in [-0.39, 0.29) is 17.8 Å². The fraction of sp³-hybridized carbons (Fsp3) is 0.562. The average Bonchev–Trinajstić information content (AvgIpc) is 3.19. The largest absolute Gasteiger partial charge is 0.334 e. The molecule has 1 aliphatic heterocycles. The van der Waals surface area contributed by atoms with Gasteiger partial charge in [-0.25, -0.2) is 4.39 Å². The zero-order chi connectivity index (χ0) is 14.1. The van der Waals surface area contributed by atoms with Gasteiger partial charge < -0.3 is 10.2 Å². The van der Waals surface area contributed by atoms with Gasteiger partial charge in [-0.3, -0.25) is 4.79 Å². The van der Waals surface area contributed by atoms with Crippen LogP contribution < -0.4 is 5.32 Å². The number of halogens is 1. The highest BCUT2D eigenvalue weighted by Crippen LogP contribution is 2.30. The molecular formula is C16H21FN2O. The van der Waals surface area contributed by atoms with Crippen LogP contribution in [0.1, 0.15) is 31.7 Å². The number of carbonyl (C=O) groups excluding carboxylic acids is 1. The molecule has 3 rings (SSSR count). The maximum Gasteiger partial charge on any atom is 0.240 e. The normalized spacial score (nSPS) is 25.7. The molecule has 0 aromatic heterocycles. The third-order valence-electron chi connectivity index (χ3n) is 4.34. The fourth-order valence-electron chi connectivity index (χ4n) is 2.90. The Balaban J connectivity index is 1.72. The van der Waals surface area contributed by atoms with Gasteiger partial charge in [-0.15, -0.1) is 0 Å². The molecular weight excluding hydrogens is 255 g/mol. The Labute approximate surface area is 119 Å². The Bertz CT molecular complexity index is 484. The number of amides is 1. The van der Waals surface area contributed by atoms with Gasteiger partial charge in [0.1, 0.15) is 5.82 Å². The summed E-state index contributed by atoms with van der Waals surface area (Å²) < 4.78 is 13.0. The minimum Gasteiger partial charge on any atom is -0.334 e. The SMILES string of the molecule is CC1CCNC1C(=O)N(Cc1ccc(F)cc1)C1CC1. The summed E-state index contributed by atoms with van der Waals surface area (Å²) in [5, 5.41) is 3.31. The Morgan fingerprint density at radius 2 is 2.00 bits per heavy atom. The molecule has 0 bridgehead atoms. The van der Waals surface area contributed by atoms with Crippen LogP contribution in [-0.4, -0.2) is 29.4 Å². The van der Waals surface area contributed by atoms with Crippen LogP contribution >= 0.6 is 0 Å². The monoisotopic (exact) mass is 276 g/mol. The molecule has 1 N–H and O–H groups in total. The van der Waals surface area contributed by atoms with E-state index in [1.165, 1.54) is 12.1 Å². The van der Waals surface area contributed by atoms with Crippen LogP contribution in [-0.2, 0) is 11.3 Å². The predicted octanol–water partition coefficient (Wildman–Crippen LogP) is 2.31. The second-order valence-electron chi connectivity index (χ2n) is 6.02. The number of benzene rings is 1. The topological polar surface area (TPSA) is 32.3 Å². The molecule has 1 aromatic carbocycles. The van der Waals surface area contributed by atoms with Crippen molar-refractivity contribution in [1.29, 1.82) is 0 Å². The number of nitrogens with one attached hydrogen (secondary N) is 1. The van der Waals surface area contributed by atoms with Gasteiger partial charge in [-0.1, -0.05) is 19.1 Å². The minimum absolute atomic E-state index is 0.0453. The second-order valence-corrected chi connectivity index (χ2v) is 6.02. The zero-order valence-electron chi connectivity index (χ0n) is 11.8. The molecule has 4 heteroatoms. The fourth-order valence-corrected chi connectivity index (χ4v) is 2.90. The molecule has 0 spiro atoms. The summed E-state index contributed by atoms with van der Waals surface area (Å²) in [4.78, 5) is 14.7.